The number of amides is 1. The van der Waals surface area contributed by atoms with E-state index in [2.05, 4.69) is 5.32 Å². The van der Waals surface area contributed by atoms with Crippen LogP contribution in [0.2, 0.25) is 0 Å². The Kier molecular flexibility index (Phi) is 8.41. The summed E-state index contributed by atoms with van der Waals surface area (Å²) in [6.07, 6.45) is 3.41. The van der Waals surface area contributed by atoms with Crippen LogP contribution in [0.4, 0.5) is 0 Å². The third kappa shape index (κ3) is 5.62. The van der Waals surface area contributed by atoms with E-state index in [0.29, 0.717) is 55.8 Å². The molecule has 1 aromatic carbocycles. The van der Waals surface area contributed by atoms with E-state index in [-0.39, 0.29) is 17.4 Å². The van der Waals surface area contributed by atoms with Crippen LogP contribution in [0.5, 0.6) is 5.75 Å². The zero-order valence-electron chi connectivity index (χ0n) is 21.2. The molecular weight excluding hydrogens is 500 g/mol. The number of sulfone groups is 1. The maximum atomic E-state index is 13.9. The van der Waals surface area contributed by atoms with Crippen molar-refractivity contribution in [1.29, 1.82) is 0 Å². The molecule has 2 saturated heterocycles. The van der Waals surface area contributed by atoms with Gasteiger partial charge in [0.2, 0.25) is 15.7 Å². The molecule has 198 valence electrons. The van der Waals surface area contributed by atoms with E-state index in [1.54, 1.807) is 38.0 Å². The largest absolute Gasteiger partial charge is 0.497 e. The molecule has 2 unspecified atom stereocenters. The summed E-state index contributed by atoms with van der Waals surface area (Å²) in [6.45, 7) is 4.68. The minimum Gasteiger partial charge on any atom is -0.497 e. The van der Waals surface area contributed by atoms with Crippen molar-refractivity contribution < 1.29 is 27.8 Å². The number of hydrogen-bond acceptors (Lipinski definition) is 8. The maximum Gasteiger partial charge on any atom is 0.248 e. The Morgan fingerprint density at radius 2 is 1.94 bits per heavy atom. The number of carbonyl (C=O) groups excluding carboxylic acids is 1. The van der Waals surface area contributed by atoms with Gasteiger partial charge in [-0.2, -0.15) is 0 Å². The van der Waals surface area contributed by atoms with Gasteiger partial charge in [-0.3, -0.25) is 4.79 Å². The smallest absolute Gasteiger partial charge is 0.248 e. The number of methoxy groups -OCH3 is 1. The van der Waals surface area contributed by atoms with E-state index < -0.39 is 26.9 Å². The van der Waals surface area contributed by atoms with Crippen LogP contribution >= 0.6 is 11.3 Å². The van der Waals surface area contributed by atoms with Gasteiger partial charge in [0, 0.05) is 24.0 Å². The zero-order chi connectivity index (χ0) is 25.9. The first kappa shape index (κ1) is 27.1. The van der Waals surface area contributed by atoms with E-state index in [0.717, 1.165) is 17.7 Å². The molecule has 1 aromatic heterocycles. The number of aryl methyl sites for hydroxylation is 2. The standard InChI is InChI=1S/C26H36N2O6S2/c1-18-15-20(33-3)16-19(2)24(18)36(31,32)25(21-7-4-5-11-27-21)34-17-23(29)28-12-9-26(30,10-13-28)22-8-6-14-35-22/h6,8,14-16,21,25,27,30H,4-5,7,9-13,17H2,1-3H3. The number of carbonyl (C=O) groups is 1. The molecule has 2 N–H and O–H groups in total. The number of ether oxygens (including phenoxy) is 2. The quantitative estimate of drug-likeness (QED) is 0.534. The Labute approximate surface area is 217 Å². The van der Waals surface area contributed by atoms with Crippen molar-refractivity contribution in [3.8, 4) is 5.75 Å². The molecule has 4 rings (SSSR count). The van der Waals surface area contributed by atoms with Gasteiger partial charge in [-0.25, -0.2) is 8.42 Å². The van der Waals surface area contributed by atoms with Crippen LogP contribution in [-0.2, 0) is 25.0 Å². The van der Waals surface area contributed by atoms with E-state index >= 15 is 0 Å². The number of nitrogens with one attached hydrogen (secondary N) is 1. The molecular formula is C26H36N2O6S2. The molecule has 10 heteroatoms. The van der Waals surface area contributed by atoms with Crippen molar-refractivity contribution in [3.63, 3.8) is 0 Å². The highest BCUT2D eigenvalue weighted by atomic mass is 32.2. The Morgan fingerprint density at radius 3 is 2.50 bits per heavy atom. The first-order valence-corrected chi connectivity index (χ1v) is 14.9. The molecule has 2 fully saturated rings. The van der Waals surface area contributed by atoms with Crippen LogP contribution in [-0.4, -0.2) is 69.2 Å². The summed E-state index contributed by atoms with van der Waals surface area (Å²) >= 11 is 1.51. The van der Waals surface area contributed by atoms with Gasteiger partial charge in [0.25, 0.3) is 0 Å². The van der Waals surface area contributed by atoms with Crippen molar-refractivity contribution in [2.75, 3.05) is 33.4 Å². The second kappa shape index (κ2) is 11.2. The molecule has 2 atom stereocenters. The van der Waals surface area contributed by atoms with Gasteiger partial charge < -0.3 is 24.8 Å². The highest BCUT2D eigenvalue weighted by molar-refractivity contribution is 7.92. The third-order valence-electron chi connectivity index (χ3n) is 7.23. The monoisotopic (exact) mass is 536 g/mol. The summed E-state index contributed by atoms with van der Waals surface area (Å²) < 4.78 is 39.1. The van der Waals surface area contributed by atoms with E-state index in [9.17, 15) is 18.3 Å². The lowest BCUT2D eigenvalue weighted by atomic mass is 9.90. The molecule has 8 nitrogen and oxygen atoms in total. The highest BCUT2D eigenvalue weighted by Crippen LogP contribution is 2.36. The fraction of sp³-hybridized carbons (Fsp3) is 0.577. The van der Waals surface area contributed by atoms with Gasteiger partial charge in [0.05, 0.1) is 12.0 Å². The number of likely N-dealkylation sites (tertiary alicyclic amines) is 1. The Morgan fingerprint density at radius 1 is 1.25 bits per heavy atom. The number of rotatable bonds is 8. The summed E-state index contributed by atoms with van der Waals surface area (Å²) in [5.74, 6) is 0.336. The Hall–Kier alpha value is -1.98. The van der Waals surface area contributed by atoms with Crippen LogP contribution in [0.25, 0.3) is 0 Å². The Bertz CT molecular complexity index is 1130. The SMILES string of the molecule is COc1cc(C)c(S(=O)(=O)C(OCC(=O)N2CCC(O)(c3cccs3)CC2)C2CCCCN2)c(C)c1. The average Bonchev–Trinajstić information content (AvgIpc) is 3.40. The molecule has 0 spiro atoms. The van der Waals surface area contributed by atoms with Crippen LogP contribution in [0.3, 0.4) is 0 Å². The lowest BCUT2D eigenvalue weighted by Gasteiger charge is -2.38. The molecule has 0 bridgehead atoms. The molecule has 2 aliphatic heterocycles. The molecule has 36 heavy (non-hydrogen) atoms. The van der Waals surface area contributed by atoms with E-state index in [4.69, 9.17) is 9.47 Å². The average molecular weight is 537 g/mol. The van der Waals surface area contributed by atoms with Crippen LogP contribution in [0, 0.1) is 13.8 Å². The summed E-state index contributed by atoms with van der Waals surface area (Å²) in [4.78, 5) is 15.8. The first-order chi connectivity index (χ1) is 17.2. The van der Waals surface area contributed by atoms with Gasteiger partial charge in [0.1, 0.15) is 18.0 Å². The highest BCUT2D eigenvalue weighted by Gasteiger charge is 2.40. The zero-order valence-corrected chi connectivity index (χ0v) is 22.8. The molecule has 2 aliphatic rings. The normalized spacial score (nSPS) is 21.2. The summed E-state index contributed by atoms with van der Waals surface area (Å²) in [7, 11) is -2.36. The molecule has 1 amide bonds. The molecule has 0 radical (unpaired) electrons. The van der Waals surface area contributed by atoms with Gasteiger partial charge in [-0.15, -0.1) is 11.3 Å². The van der Waals surface area contributed by atoms with Crippen molar-refractivity contribution in [1.82, 2.24) is 10.2 Å². The molecule has 0 saturated carbocycles. The number of benzene rings is 1. The van der Waals surface area contributed by atoms with Crippen molar-refractivity contribution in [3.05, 3.63) is 45.6 Å². The van der Waals surface area contributed by atoms with Crippen LogP contribution < -0.4 is 10.1 Å². The maximum absolute atomic E-state index is 13.9. The number of aliphatic hydroxyl groups is 1. The number of thiophene rings is 1. The fourth-order valence-electron chi connectivity index (χ4n) is 5.29. The number of nitrogens with zero attached hydrogens (tertiary/aromatic N) is 1. The van der Waals surface area contributed by atoms with Gasteiger partial charge in [-0.05, 0) is 80.8 Å². The Balaban J connectivity index is 1.49. The van der Waals surface area contributed by atoms with Crippen molar-refractivity contribution >= 4 is 27.1 Å². The number of hydrogen-bond donors (Lipinski definition) is 2. The van der Waals surface area contributed by atoms with Crippen molar-refractivity contribution in [2.45, 2.75) is 67.9 Å². The number of piperidine rings is 2. The van der Waals surface area contributed by atoms with Gasteiger partial charge in [-0.1, -0.05) is 12.5 Å². The third-order valence-corrected chi connectivity index (χ3v) is 10.6. The second-order valence-corrected chi connectivity index (χ2v) is 12.7. The van der Waals surface area contributed by atoms with Gasteiger partial charge in [0.15, 0.2) is 5.44 Å². The minimum absolute atomic E-state index is 0.229. The van der Waals surface area contributed by atoms with Crippen LogP contribution in [0.15, 0.2) is 34.5 Å². The molecule has 2 aromatic rings. The van der Waals surface area contributed by atoms with E-state index in [1.165, 1.54) is 11.3 Å². The lowest BCUT2D eigenvalue weighted by molar-refractivity contribution is -0.141. The first-order valence-electron chi connectivity index (χ1n) is 12.4. The van der Waals surface area contributed by atoms with E-state index in [1.807, 2.05) is 17.5 Å². The predicted molar refractivity (Wildman–Crippen MR) is 139 cm³/mol. The summed E-state index contributed by atoms with van der Waals surface area (Å²) in [5.41, 5.74) is -0.925. The topological polar surface area (TPSA) is 105 Å². The summed E-state index contributed by atoms with van der Waals surface area (Å²) in [6, 6.07) is 6.84. The molecule has 3 heterocycles. The second-order valence-electron chi connectivity index (χ2n) is 9.76. The molecule has 0 aliphatic carbocycles. The predicted octanol–water partition coefficient (Wildman–Crippen LogP) is 3.14. The van der Waals surface area contributed by atoms with Crippen LogP contribution in [0.1, 0.15) is 48.1 Å². The fourth-order valence-corrected chi connectivity index (χ4v) is 8.33. The lowest BCUT2D eigenvalue weighted by Crippen LogP contribution is -2.50. The van der Waals surface area contributed by atoms with Gasteiger partial charge >= 0.3 is 0 Å². The summed E-state index contributed by atoms with van der Waals surface area (Å²) in [5, 5.41) is 16.2. The minimum atomic E-state index is -3.91. The van der Waals surface area contributed by atoms with Crippen molar-refractivity contribution in [2.24, 2.45) is 0 Å².